The van der Waals surface area contributed by atoms with Crippen molar-refractivity contribution in [1.29, 1.82) is 0 Å². The van der Waals surface area contributed by atoms with Crippen molar-refractivity contribution in [3.05, 3.63) is 35.4 Å². The van der Waals surface area contributed by atoms with Crippen LogP contribution in [0.4, 0.5) is 0 Å². The topological polar surface area (TPSA) is 0 Å². The maximum absolute atomic E-state index is 6.11. The van der Waals surface area contributed by atoms with Gasteiger partial charge in [-0.05, 0) is 29.7 Å². The maximum Gasteiger partial charge on any atom is 0.0829 e. The first-order valence-electron chi connectivity index (χ1n) is 4.19. The molecule has 2 rings (SSSR count). The Morgan fingerprint density at radius 2 is 2.00 bits per heavy atom. The predicted octanol–water partition coefficient (Wildman–Crippen LogP) is 3.08. The van der Waals surface area contributed by atoms with Crippen molar-refractivity contribution in [2.24, 2.45) is 0 Å². The minimum absolute atomic E-state index is 0.272. The van der Waals surface area contributed by atoms with Crippen LogP contribution in [0.25, 0.3) is 0 Å². The van der Waals surface area contributed by atoms with E-state index >= 15 is 0 Å². The monoisotopic (exact) mass is 198 g/mol. The van der Waals surface area contributed by atoms with Gasteiger partial charge >= 0.3 is 0 Å². The smallest absolute Gasteiger partial charge is 0.0829 e. The number of thioether (sulfide) groups is 1. The summed E-state index contributed by atoms with van der Waals surface area (Å²) in [5.41, 5.74) is 2.91. The van der Waals surface area contributed by atoms with Crippen LogP contribution in [-0.4, -0.2) is 10.5 Å². The van der Waals surface area contributed by atoms with Crippen LogP contribution in [0.5, 0.6) is 0 Å². The second kappa shape index (κ2) is 3.71. The lowest BCUT2D eigenvalue weighted by Gasteiger charge is -2.04. The summed E-state index contributed by atoms with van der Waals surface area (Å²) in [5.74, 6) is 1.16. The molecule has 1 aliphatic rings. The second-order valence-corrected chi connectivity index (χ2v) is 5.10. The van der Waals surface area contributed by atoms with Crippen molar-refractivity contribution in [3.8, 4) is 0 Å². The summed E-state index contributed by atoms with van der Waals surface area (Å²) >= 11 is 7.97. The first-order valence-corrected chi connectivity index (χ1v) is 5.67. The van der Waals surface area contributed by atoms with Gasteiger partial charge in [-0.25, -0.2) is 0 Å². The molecule has 0 bridgehead atoms. The zero-order valence-corrected chi connectivity index (χ0v) is 8.37. The molecular weight excluding hydrogens is 188 g/mol. The Morgan fingerprint density at radius 1 is 1.25 bits per heavy atom. The second-order valence-electron chi connectivity index (χ2n) is 3.00. The molecular formula is C10H11ClS. The van der Waals surface area contributed by atoms with Crippen molar-refractivity contribution >= 4 is 23.4 Å². The molecule has 64 valence electrons. The summed E-state index contributed by atoms with van der Waals surface area (Å²) in [6, 6.07) is 8.61. The van der Waals surface area contributed by atoms with E-state index in [0.29, 0.717) is 0 Å². The highest BCUT2D eigenvalue weighted by molar-refractivity contribution is 8.01. The van der Waals surface area contributed by atoms with Gasteiger partial charge < -0.3 is 0 Å². The van der Waals surface area contributed by atoms with Crippen molar-refractivity contribution in [1.82, 2.24) is 0 Å². The van der Waals surface area contributed by atoms with Crippen molar-refractivity contribution < 1.29 is 0 Å². The molecule has 0 aliphatic carbocycles. The molecule has 0 saturated heterocycles. The highest BCUT2D eigenvalue weighted by Crippen LogP contribution is 2.27. The molecule has 0 amide bonds. The minimum Gasteiger partial charge on any atom is -0.142 e. The Labute approximate surface area is 82.3 Å². The Balaban J connectivity index is 2.31. The van der Waals surface area contributed by atoms with Crippen LogP contribution in [-0.2, 0) is 12.8 Å². The predicted molar refractivity (Wildman–Crippen MR) is 55.9 cm³/mol. The molecule has 0 aromatic heterocycles. The molecule has 1 atom stereocenters. The largest absolute Gasteiger partial charge is 0.142 e. The van der Waals surface area contributed by atoms with E-state index in [2.05, 4.69) is 24.3 Å². The maximum atomic E-state index is 6.11. The third-order valence-electron chi connectivity index (χ3n) is 2.17. The van der Waals surface area contributed by atoms with Gasteiger partial charge in [-0.15, -0.1) is 23.4 Å². The van der Waals surface area contributed by atoms with Crippen LogP contribution < -0.4 is 0 Å². The van der Waals surface area contributed by atoms with E-state index in [1.807, 2.05) is 11.8 Å². The Kier molecular flexibility index (Phi) is 2.62. The molecule has 1 aromatic rings. The number of alkyl halides is 1. The zero-order chi connectivity index (χ0) is 8.39. The van der Waals surface area contributed by atoms with Gasteiger partial charge in [0, 0.05) is 0 Å². The van der Waals surface area contributed by atoms with Gasteiger partial charge in [0.2, 0.25) is 0 Å². The third kappa shape index (κ3) is 1.78. The molecule has 1 unspecified atom stereocenters. The van der Waals surface area contributed by atoms with E-state index in [4.69, 9.17) is 11.6 Å². The average molecular weight is 199 g/mol. The molecule has 0 nitrogen and oxygen atoms in total. The Morgan fingerprint density at radius 3 is 2.83 bits per heavy atom. The molecule has 1 heterocycles. The van der Waals surface area contributed by atoms with Gasteiger partial charge in [-0.3, -0.25) is 0 Å². The van der Waals surface area contributed by atoms with Gasteiger partial charge in [0.1, 0.15) is 0 Å². The SMILES string of the molecule is ClC1Cc2ccccc2CCS1. The van der Waals surface area contributed by atoms with E-state index < -0.39 is 0 Å². The fraction of sp³-hybridized carbons (Fsp3) is 0.400. The average Bonchev–Trinajstić information content (AvgIpc) is 2.25. The molecule has 2 heteroatoms. The number of fused-ring (bicyclic) bond motifs is 1. The highest BCUT2D eigenvalue weighted by atomic mass is 35.5. The lowest BCUT2D eigenvalue weighted by Crippen LogP contribution is -1.96. The van der Waals surface area contributed by atoms with Crippen LogP contribution >= 0.6 is 23.4 Å². The van der Waals surface area contributed by atoms with E-state index in [1.165, 1.54) is 17.5 Å². The summed E-state index contributed by atoms with van der Waals surface area (Å²) in [5, 5.41) is 0. The fourth-order valence-corrected chi connectivity index (χ4v) is 2.85. The molecule has 12 heavy (non-hydrogen) atoms. The summed E-state index contributed by atoms with van der Waals surface area (Å²) in [6.45, 7) is 0. The minimum atomic E-state index is 0.272. The van der Waals surface area contributed by atoms with Crippen LogP contribution in [0.3, 0.4) is 0 Å². The summed E-state index contributed by atoms with van der Waals surface area (Å²) < 4.78 is 0.272. The molecule has 1 aromatic carbocycles. The first kappa shape index (κ1) is 8.46. The standard InChI is InChI=1S/C10H11ClS/c11-10-7-9-4-2-1-3-8(9)5-6-12-10/h1-4,10H,5-7H2. The van der Waals surface area contributed by atoms with E-state index in [1.54, 1.807) is 0 Å². The third-order valence-corrected chi connectivity index (χ3v) is 3.67. The number of rotatable bonds is 0. The van der Waals surface area contributed by atoms with Gasteiger partial charge in [-0.1, -0.05) is 24.3 Å². The van der Waals surface area contributed by atoms with Crippen LogP contribution in [0, 0.1) is 0 Å². The molecule has 0 saturated carbocycles. The summed E-state index contributed by atoms with van der Waals surface area (Å²) in [6.07, 6.45) is 2.19. The number of hydrogen-bond acceptors (Lipinski definition) is 1. The van der Waals surface area contributed by atoms with Gasteiger partial charge in [-0.2, -0.15) is 0 Å². The molecule has 0 spiro atoms. The molecule has 0 N–H and O–H groups in total. The number of benzene rings is 1. The van der Waals surface area contributed by atoms with Gasteiger partial charge in [0.15, 0.2) is 0 Å². The quantitative estimate of drug-likeness (QED) is 0.578. The normalized spacial score (nSPS) is 22.9. The zero-order valence-electron chi connectivity index (χ0n) is 6.79. The van der Waals surface area contributed by atoms with Gasteiger partial charge in [0.05, 0.1) is 4.71 Å². The first-order chi connectivity index (χ1) is 5.86. The Hall–Kier alpha value is -0.140. The number of aryl methyl sites for hydroxylation is 1. The van der Waals surface area contributed by atoms with E-state index in [0.717, 1.165) is 12.2 Å². The lowest BCUT2D eigenvalue weighted by molar-refractivity contribution is 1.06. The van der Waals surface area contributed by atoms with Crippen LogP contribution in [0.2, 0.25) is 0 Å². The van der Waals surface area contributed by atoms with Crippen LogP contribution in [0.1, 0.15) is 11.1 Å². The number of hydrogen-bond donors (Lipinski definition) is 0. The summed E-state index contributed by atoms with van der Waals surface area (Å²) in [7, 11) is 0. The Bertz CT molecular complexity index is 272. The lowest BCUT2D eigenvalue weighted by atomic mass is 10.0. The summed E-state index contributed by atoms with van der Waals surface area (Å²) in [4.78, 5) is 0. The van der Waals surface area contributed by atoms with E-state index in [9.17, 15) is 0 Å². The van der Waals surface area contributed by atoms with Crippen molar-refractivity contribution in [3.63, 3.8) is 0 Å². The molecule has 1 aliphatic heterocycles. The van der Waals surface area contributed by atoms with Gasteiger partial charge in [0.25, 0.3) is 0 Å². The van der Waals surface area contributed by atoms with Crippen molar-refractivity contribution in [2.75, 3.05) is 5.75 Å². The number of halogens is 1. The van der Waals surface area contributed by atoms with Crippen LogP contribution in [0.15, 0.2) is 24.3 Å². The highest BCUT2D eigenvalue weighted by Gasteiger charge is 2.13. The fourth-order valence-electron chi connectivity index (χ4n) is 1.53. The van der Waals surface area contributed by atoms with Crippen molar-refractivity contribution in [2.45, 2.75) is 17.6 Å². The van der Waals surface area contributed by atoms with E-state index in [-0.39, 0.29) is 4.71 Å². The molecule has 0 radical (unpaired) electrons. The molecule has 0 fully saturated rings.